The molecule has 106 valence electrons. The van der Waals surface area contributed by atoms with Gasteiger partial charge < -0.3 is 15.5 Å². The third kappa shape index (κ3) is 2.73. The van der Waals surface area contributed by atoms with E-state index in [9.17, 15) is 4.79 Å². The number of nitrogens with zero attached hydrogens (tertiary/aromatic N) is 3. The van der Waals surface area contributed by atoms with Crippen molar-refractivity contribution in [2.24, 2.45) is 0 Å². The van der Waals surface area contributed by atoms with Gasteiger partial charge >= 0.3 is 0 Å². The molecule has 1 aromatic heterocycles. The molecule has 6 nitrogen and oxygen atoms in total. The Bertz CT molecular complexity index is 446. The molecule has 2 rings (SSSR count). The Labute approximate surface area is 113 Å². The molecule has 0 bridgehead atoms. The quantitative estimate of drug-likeness (QED) is 0.851. The van der Waals surface area contributed by atoms with Crippen LogP contribution in [0.2, 0.25) is 0 Å². The zero-order chi connectivity index (χ0) is 14.0. The number of H-pyrrole nitrogens is 1. The second-order valence-electron chi connectivity index (χ2n) is 5.28. The van der Waals surface area contributed by atoms with Crippen molar-refractivity contribution >= 4 is 11.6 Å². The molecule has 19 heavy (non-hydrogen) atoms. The van der Waals surface area contributed by atoms with Gasteiger partial charge in [0.05, 0.1) is 11.4 Å². The van der Waals surface area contributed by atoms with E-state index in [0.717, 1.165) is 38.4 Å². The lowest BCUT2D eigenvalue weighted by Gasteiger charge is -2.33. The molecule has 1 saturated heterocycles. The summed E-state index contributed by atoms with van der Waals surface area (Å²) >= 11 is 0. The van der Waals surface area contributed by atoms with Gasteiger partial charge in [-0.1, -0.05) is 20.8 Å². The molecule has 1 aromatic rings. The molecule has 3 N–H and O–H groups in total. The number of anilines is 1. The number of amides is 1. The molecule has 0 saturated carbocycles. The van der Waals surface area contributed by atoms with Crippen LogP contribution in [-0.2, 0) is 0 Å². The normalized spacial score (nSPS) is 17.2. The van der Waals surface area contributed by atoms with Crippen molar-refractivity contribution in [2.45, 2.75) is 26.7 Å². The van der Waals surface area contributed by atoms with Crippen molar-refractivity contribution in [1.82, 2.24) is 20.0 Å². The van der Waals surface area contributed by atoms with Crippen LogP contribution in [0.4, 0.5) is 5.69 Å². The van der Waals surface area contributed by atoms with E-state index in [1.807, 2.05) is 18.7 Å². The predicted octanol–water partition coefficient (Wildman–Crippen LogP) is 0.893. The van der Waals surface area contributed by atoms with E-state index < -0.39 is 0 Å². The Kier molecular flexibility index (Phi) is 4.09. The average Bonchev–Trinajstić information content (AvgIpc) is 2.80. The molecule has 0 unspecified atom stereocenters. The zero-order valence-corrected chi connectivity index (χ0v) is 11.9. The van der Waals surface area contributed by atoms with E-state index in [4.69, 9.17) is 5.73 Å². The molecule has 1 aliphatic heterocycles. The highest BCUT2D eigenvalue weighted by atomic mass is 16.2. The molecule has 1 aliphatic rings. The highest BCUT2D eigenvalue weighted by molar-refractivity contribution is 5.97. The Balaban J connectivity index is 2.08. The first-order chi connectivity index (χ1) is 9.04. The van der Waals surface area contributed by atoms with Gasteiger partial charge in [0.2, 0.25) is 0 Å². The number of carbonyl (C=O) groups excluding carboxylic acids is 1. The number of nitrogens with two attached hydrogens (primary N) is 1. The van der Waals surface area contributed by atoms with Gasteiger partial charge in [0.25, 0.3) is 5.91 Å². The van der Waals surface area contributed by atoms with Crippen molar-refractivity contribution in [3.05, 3.63) is 11.4 Å². The molecule has 0 radical (unpaired) electrons. The van der Waals surface area contributed by atoms with Gasteiger partial charge in [-0.2, -0.15) is 5.10 Å². The molecule has 1 fully saturated rings. The first-order valence-electron chi connectivity index (χ1n) is 6.90. The number of aromatic amines is 1. The summed E-state index contributed by atoms with van der Waals surface area (Å²) in [6.45, 7) is 10.6. The van der Waals surface area contributed by atoms with E-state index in [2.05, 4.69) is 22.0 Å². The summed E-state index contributed by atoms with van der Waals surface area (Å²) in [4.78, 5) is 16.6. The molecular formula is C13H23N5O. The Morgan fingerprint density at radius 2 is 2.00 bits per heavy atom. The number of carbonyl (C=O) groups is 1. The number of aromatic nitrogens is 2. The summed E-state index contributed by atoms with van der Waals surface area (Å²) in [5, 5.41) is 6.98. The first-order valence-corrected chi connectivity index (χ1v) is 6.90. The number of hydrogen-bond acceptors (Lipinski definition) is 4. The standard InChI is InChI=1S/C13H23N5O/c1-4-17-5-7-18(8-6-17)13(19)12-10(14)11(9(2)3)15-16-12/h9H,4-8,14H2,1-3H3,(H,15,16). The van der Waals surface area contributed by atoms with Crippen LogP contribution < -0.4 is 5.73 Å². The van der Waals surface area contributed by atoms with Gasteiger partial charge in [-0.05, 0) is 12.5 Å². The lowest BCUT2D eigenvalue weighted by atomic mass is 10.1. The van der Waals surface area contributed by atoms with E-state index in [1.165, 1.54) is 0 Å². The number of nitrogens with one attached hydrogen (secondary N) is 1. The van der Waals surface area contributed by atoms with Crippen LogP contribution in [0.25, 0.3) is 0 Å². The summed E-state index contributed by atoms with van der Waals surface area (Å²) in [5.41, 5.74) is 7.72. The highest BCUT2D eigenvalue weighted by Crippen LogP contribution is 2.23. The lowest BCUT2D eigenvalue weighted by molar-refractivity contribution is 0.0638. The van der Waals surface area contributed by atoms with E-state index in [1.54, 1.807) is 0 Å². The Morgan fingerprint density at radius 3 is 2.47 bits per heavy atom. The Hall–Kier alpha value is -1.56. The zero-order valence-electron chi connectivity index (χ0n) is 11.9. The van der Waals surface area contributed by atoms with Crippen LogP contribution in [0.3, 0.4) is 0 Å². The SMILES string of the molecule is CCN1CCN(C(=O)c2n[nH]c(C(C)C)c2N)CC1. The topological polar surface area (TPSA) is 78.2 Å². The molecule has 2 heterocycles. The van der Waals surface area contributed by atoms with Crippen molar-refractivity contribution < 1.29 is 4.79 Å². The third-order valence-electron chi connectivity index (χ3n) is 3.72. The number of nitrogen functional groups attached to an aromatic ring is 1. The summed E-state index contributed by atoms with van der Waals surface area (Å²) in [6.07, 6.45) is 0. The number of hydrogen-bond donors (Lipinski definition) is 2. The smallest absolute Gasteiger partial charge is 0.276 e. The number of likely N-dealkylation sites (N-methyl/N-ethyl adjacent to an activating group) is 1. The van der Waals surface area contributed by atoms with Gasteiger partial charge in [0.1, 0.15) is 0 Å². The molecule has 0 spiro atoms. The summed E-state index contributed by atoms with van der Waals surface area (Å²) in [5.74, 6) is 0.183. The molecule has 0 aromatic carbocycles. The van der Waals surface area contributed by atoms with E-state index >= 15 is 0 Å². The number of rotatable bonds is 3. The van der Waals surface area contributed by atoms with Crippen LogP contribution in [-0.4, -0.2) is 58.6 Å². The van der Waals surface area contributed by atoms with Gasteiger partial charge in [-0.15, -0.1) is 0 Å². The predicted molar refractivity (Wildman–Crippen MR) is 75.1 cm³/mol. The van der Waals surface area contributed by atoms with Gasteiger partial charge in [-0.25, -0.2) is 0 Å². The van der Waals surface area contributed by atoms with E-state index in [0.29, 0.717) is 11.4 Å². The molecule has 0 atom stereocenters. The van der Waals surface area contributed by atoms with Crippen LogP contribution in [0.15, 0.2) is 0 Å². The fourth-order valence-electron chi connectivity index (χ4n) is 2.38. The fraction of sp³-hybridized carbons (Fsp3) is 0.692. The van der Waals surface area contributed by atoms with E-state index in [-0.39, 0.29) is 11.8 Å². The minimum Gasteiger partial charge on any atom is -0.395 e. The van der Waals surface area contributed by atoms with Crippen molar-refractivity contribution in [2.75, 3.05) is 38.5 Å². The second kappa shape index (κ2) is 5.61. The van der Waals surface area contributed by atoms with Crippen molar-refractivity contribution in [1.29, 1.82) is 0 Å². The lowest BCUT2D eigenvalue weighted by Crippen LogP contribution is -2.48. The number of piperazine rings is 1. The summed E-state index contributed by atoms with van der Waals surface area (Å²) in [6, 6.07) is 0. The van der Waals surface area contributed by atoms with Crippen LogP contribution in [0, 0.1) is 0 Å². The molecular weight excluding hydrogens is 242 g/mol. The highest BCUT2D eigenvalue weighted by Gasteiger charge is 2.26. The van der Waals surface area contributed by atoms with Gasteiger partial charge in [0.15, 0.2) is 5.69 Å². The molecule has 6 heteroatoms. The van der Waals surface area contributed by atoms with Gasteiger partial charge in [0, 0.05) is 26.2 Å². The maximum absolute atomic E-state index is 12.4. The Morgan fingerprint density at radius 1 is 1.37 bits per heavy atom. The second-order valence-corrected chi connectivity index (χ2v) is 5.28. The van der Waals surface area contributed by atoms with Crippen molar-refractivity contribution in [3.8, 4) is 0 Å². The summed E-state index contributed by atoms with van der Waals surface area (Å²) < 4.78 is 0. The van der Waals surface area contributed by atoms with Gasteiger partial charge in [-0.3, -0.25) is 9.89 Å². The van der Waals surface area contributed by atoms with Crippen LogP contribution in [0.1, 0.15) is 42.9 Å². The maximum Gasteiger partial charge on any atom is 0.276 e. The minimum absolute atomic E-state index is 0.0589. The largest absolute Gasteiger partial charge is 0.395 e. The molecule has 0 aliphatic carbocycles. The minimum atomic E-state index is -0.0589. The summed E-state index contributed by atoms with van der Waals surface area (Å²) in [7, 11) is 0. The maximum atomic E-state index is 12.4. The monoisotopic (exact) mass is 265 g/mol. The van der Waals surface area contributed by atoms with Crippen LogP contribution in [0.5, 0.6) is 0 Å². The molecule has 1 amide bonds. The third-order valence-corrected chi connectivity index (χ3v) is 3.72. The fourth-order valence-corrected chi connectivity index (χ4v) is 2.38. The first kappa shape index (κ1) is 13.9. The van der Waals surface area contributed by atoms with Crippen LogP contribution >= 0.6 is 0 Å². The average molecular weight is 265 g/mol. The van der Waals surface area contributed by atoms with Crippen molar-refractivity contribution in [3.63, 3.8) is 0 Å².